The molecule has 0 heterocycles. The van der Waals surface area contributed by atoms with Crippen molar-refractivity contribution >= 4 is 29.4 Å². The molecule has 0 unspecified atom stereocenters. The van der Waals surface area contributed by atoms with Crippen molar-refractivity contribution in [3.8, 4) is 0 Å². The van der Waals surface area contributed by atoms with Crippen LogP contribution in [0.15, 0.2) is 48.5 Å². The lowest BCUT2D eigenvalue weighted by Crippen LogP contribution is -2.41. The van der Waals surface area contributed by atoms with Crippen LogP contribution >= 0.6 is 0 Å². The van der Waals surface area contributed by atoms with Gasteiger partial charge in [0.05, 0.1) is 6.54 Å². The summed E-state index contributed by atoms with van der Waals surface area (Å²) in [5.41, 5.74) is 0.379. The Balaban J connectivity index is 1.70. The Morgan fingerprint density at radius 1 is 0.967 bits per heavy atom. The van der Waals surface area contributed by atoms with Crippen molar-refractivity contribution in [2.45, 2.75) is 13.0 Å². The van der Waals surface area contributed by atoms with E-state index in [2.05, 4.69) is 16.0 Å². The second-order valence-electron chi connectivity index (χ2n) is 6.12. The van der Waals surface area contributed by atoms with E-state index in [0.29, 0.717) is 5.56 Å². The molecule has 2 aromatic carbocycles. The predicted molar refractivity (Wildman–Crippen MR) is 102 cm³/mol. The number of carbonyl (C=O) groups is 4. The van der Waals surface area contributed by atoms with Crippen molar-refractivity contribution < 1.29 is 32.7 Å². The monoisotopic (exact) mass is 419 g/mol. The second kappa shape index (κ2) is 10.6. The van der Waals surface area contributed by atoms with Gasteiger partial charge >= 0.3 is 5.97 Å². The number of ether oxygens (including phenoxy) is 1. The lowest BCUT2D eigenvalue weighted by Gasteiger charge is -2.13. The minimum Gasteiger partial charge on any atom is -0.454 e. The summed E-state index contributed by atoms with van der Waals surface area (Å²) in [7, 11) is 0. The van der Waals surface area contributed by atoms with Gasteiger partial charge in [-0.2, -0.15) is 0 Å². The number of nitrogens with one attached hydrogen (secondary N) is 3. The molecule has 0 spiro atoms. The standard InChI is InChI=1S/C20H19F2N3O5/c1-12(24-19(28)13-5-3-2-4-6-13)20(29)30-11-18(27)23-10-17(26)25-14-7-8-15(21)16(22)9-14/h2-9,12H,10-11H2,1H3,(H,23,27)(H,24,28)(H,25,26)/t12-/m0/s1. The van der Waals surface area contributed by atoms with Crippen LogP contribution in [0.4, 0.5) is 14.5 Å². The van der Waals surface area contributed by atoms with Gasteiger partial charge in [-0.1, -0.05) is 18.2 Å². The Labute approximate surface area is 170 Å². The number of benzene rings is 2. The maximum Gasteiger partial charge on any atom is 0.328 e. The first-order chi connectivity index (χ1) is 14.3. The zero-order chi connectivity index (χ0) is 22.1. The van der Waals surface area contributed by atoms with Gasteiger partial charge in [0.2, 0.25) is 5.91 Å². The molecule has 0 saturated carbocycles. The number of rotatable bonds is 8. The third-order valence-electron chi connectivity index (χ3n) is 3.73. The summed E-state index contributed by atoms with van der Waals surface area (Å²) in [6.07, 6.45) is 0. The first-order valence-electron chi connectivity index (χ1n) is 8.80. The summed E-state index contributed by atoms with van der Waals surface area (Å²) < 4.78 is 30.7. The molecule has 30 heavy (non-hydrogen) atoms. The Bertz CT molecular complexity index is 937. The van der Waals surface area contributed by atoms with Crippen LogP contribution in [0, 0.1) is 11.6 Å². The van der Waals surface area contributed by atoms with Gasteiger partial charge in [0, 0.05) is 17.3 Å². The molecule has 1 atom stereocenters. The SMILES string of the molecule is C[C@H](NC(=O)c1ccccc1)C(=O)OCC(=O)NCC(=O)Nc1ccc(F)c(F)c1. The molecule has 2 aromatic rings. The topological polar surface area (TPSA) is 114 Å². The summed E-state index contributed by atoms with van der Waals surface area (Å²) in [5.74, 6) is -4.94. The van der Waals surface area contributed by atoms with Gasteiger partial charge < -0.3 is 20.7 Å². The fourth-order valence-electron chi connectivity index (χ4n) is 2.20. The molecule has 3 N–H and O–H groups in total. The zero-order valence-electron chi connectivity index (χ0n) is 15.9. The summed E-state index contributed by atoms with van der Waals surface area (Å²) in [5, 5.41) is 6.92. The highest BCUT2D eigenvalue weighted by Gasteiger charge is 2.19. The molecule has 0 aliphatic carbocycles. The van der Waals surface area contributed by atoms with Crippen LogP contribution in [-0.2, 0) is 19.1 Å². The number of carbonyl (C=O) groups excluding carboxylic acids is 4. The molecular formula is C20H19F2N3O5. The highest BCUT2D eigenvalue weighted by Crippen LogP contribution is 2.12. The van der Waals surface area contributed by atoms with Gasteiger partial charge in [-0.05, 0) is 31.2 Å². The Morgan fingerprint density at radius 2 is 1.67 bits per heavy atom. The number of hydrogen-bond acceptors (Lipinski definition) is 5. The van der Waals surface area contributed by atoms with Crippen LogP contribution in [0.5, 0.6) is 0 Å². The van der Waals surface area contributed by atoms with Gasteiger partial charge in [0.15, 0.2) is 18.2 Å². The van der Waals surface area contributed by atoms with Crippen LogP contribution in [-0.4, -0.2) is 42.9 Å². The van der Waals surface area contributed by atoms with Crippen LogP contribution in [0.1, 0.15) is 17.3 Å². The van der Waals surface area contributed by atoms with Crippen molar-refractivity contribution in [1.29, 1.82) is 0 Å². The van der Waals surface area contributed by atoms with Gasteiger partial charge in [-0.15, -0.1) is 0 Å². The van der Waals surface area contributed by atoms with E-state index in [4.69, 9.17) is 4.74 Å². The number of esters is 1. The molecule has 0 fully saturated rings. The number of amides is 3. The fraction of sp³-hybridized carbons (Fsp3) is 0.200. The van der Waals surface area contributed by atoms with E-state index in [-0.39, 0.29) is 5.69 Å². The van der Waals surface area contributed by atoms with E-state index in [1.807, 2.05) is 0 Å². The minimum absolute atomic E-state index is 0.0163. The van der Waals surface area contributed by atoms with Crippen molar-refractivity contribution in [3.63, 3.8) is 0 Å². The van der Waals surface area contributed by atoms with Crippen molar-refractivity contribution in [1.82, 2.24) is 10.6 Å². The maximum atomic E-state index is 13.1. The minimum atomic E-state index is -1.13. The lowest BCUT2D eigenvalue weighted by atomic mass is 10.2. The van der Waals surface area contributed by atoms with E-state index >= 15 is 0 Å². The Kier molecular flexibility index (Phi) is 7.98. The third kappa shape index (κ3) is 6.97. The average Bonchev–Trinajstić information content (AvgIpc) is 2.73. The lowest BCUT2D eigenvalue weighted by molar-refractivity contribution is -0.150. The Hall–Kier alpha value is -3.82. The molecule has 3 amide bonds. The molecular weight excluding hydrogens is 400 g/mol. The molecule has 2 rings (SSSR count). The first-order valence-corrected chi connectivity index (χ1v) is 8.80. The molecule has 10 heteroatoms. The number of anilines is 1. The molecule has 0 aromatic heterocycles. The molecule has 158 valence electrons. The van der Waals surface area contributed by atoms with E-state index in [1.54, 1.807) is 30.3 Å². The summed E-state index contributed by atoms with van der Waals surface area (Å²) in [6.45, 7) is 0.259. The fourth-order valence-corrected chi connectivity index (χ4v) is 2.20. The summed E-state index contributed by atoms with van der Waals surface area (Å²) in [4.78, 5) is 47.3. The van der Waals surface area contributed by atoms with Gasteiger partial charge in [-0.3, -0.25) is 14.4 Å². The van der Waals surface area contributed by atoms with Gasteiger partial charge in [0.25, 0.3) is 11.8 Å². The summed E-state index contributed by atoms with van der Waals surface area (Å²) in [6, 6.07) is 10.0. The van der Waals surface area contributed by atoms with E-state index in [0.717, 1.165) is 18.2 Å². The van der Waals surface area contributed by atoms with E-state index in [9.17, 15) is 28.0 Å². The predicted octanol–water partition coefficient (Wildman–Crippen LogP) is 1.38. The first kappa shape index (κ1) is 22.5. The quantitative estimate of drug-likeness (QED) is 0.560. The molecule has 0 aliphatic heterocycles. The van der Waals surface area contributed by atoms with Gasteiger partial charge in [-0.25, -0.2) is 13.6 Å². The van der Waals surface area contributed by atoms with Crippen LogP contribution < -0.4 is 16.0 Å². The van der Waals surface area contributed by atoms with E-state index < -0.39 is 54.5 Å². The maximum absolute atomic E-state index is 13.1. The molecule has 0 bridgehead atoms. The molecule has 0 aliphatic rings. The van der Waals surface area contributed by atoms with Gasteiger partial charge in [0.1, 0.15) is 6.04 Å². The number of halogens is 2. The van der Waals surface area contributed by atoms with Crippen molar-refractivity contribution in [2.24, 2.45) is 0 Å². The smallest absolute Gasteiger partial charge is 0.328 e. The third-order valence-corrected chi connectivity index (χ3v) is 3.73. The molecule has 0 saturated heterocycles. The summed E-state index contributed by atoms with van der Waals surface area (Å²) >= 11 is 0. The Morgan fingerprint density at radius 3 is 2.33 bits per heavy atom. The normalized spacial score (nSPS) is 11.2. The second-order valence-corrected chi connectivity index (χ2v) is 6.12. The molecule has 8 nitrogen and oxygen atoms in total. The highest BCUT2D eigenvalue weighted by molar-refractivity contribution is 5.97. The van der Waals surface area contributed by atoms with Crippen molar-refractivity contribution in [3.05, 3.63) is 65.7 Å². The highest BCUT2D eigenvalue weighted by atomic mass is 19.2. The van der Waals surface area contributed by atoms with Crippen molar-refractivity contribution in [2.75, 3.05) is 18.5 Å². The van der Waals surface area contributed by atoms with Crippen LogP contribution in [0.2, 0.25) is 0 Å². The number of hydrogen-bond donors (Lipinski definition) is 3. The van der Waals surface area contributed by atoms with E-state index in [1.165, 1.54) is 6.92 Å². The largest absolute Gasteiger partial charge is 0.454 e. The average molecular weight is 419 g/mol. The van der Waals surface area contributed by atoms with Crippen LogP contribution in [0.3, 0.4) is 0 Å². The van der Waals surface area contributed by atoms with Crippen LogP contribution in [0.25, 0.3) is 0 Å². The zero-order valence-corrected chi connectivity index (χ0v) is 15.9. The molecule has 0 radical (unpaired) electrons.